The third kappa shape index (κ3) is 4.95. The summed E-state index contributed by atoms with van der Waals surface area (Å²) < 4.78 is 0. The van der Waals surface area contributed by atoms with Crippen molar-refractivity contribution in [1.29, 1.82) is 0 Å². The van der Waals surface area contributed by atoms with E-state index in [1.165, 1.54) is 12.8 Å². The van der Waals surface area contributed by atoms with Crippen molar-refractivity contribution in [2.45, 2.75) is 88.5 Å². The van der Waals surface area contributed by atoms with Crippen LogP contribution in [0, 0.1) is 0 Å². The summed E-state index contributed by atoms with van der Waals surface area (Å²) in [5, 5.41) is 25.2. The van der Waals surface area contributed by atoms with Crippen LogP contribution in [0.25, 0.3) is 0 Å². The molecule has 2 fully saturated rings. The van der Waals surface area contributed by atoms with Crippen LogP contribution < -0.4 is 10.6 Å². The first-order chi connectivity index (χ1) is 10.6. The number of hydrogen-bond donors (Lipinski definition) is 4. The number of rotatable bonds is 5. The highest BCUT2D eigenvalue weighted by Crippen LogP contribution is 2.18. The minimum absolute atomic E-state index is 0.0458. The van der Waals surface area contributed by atoms with Gasteiger partial charge in [-0.05, 0) is 25.7 Å². The molecule has 0 unspecified atom stereocenters. The summed E-state index contributed by atoms with van der Waals surface area (Å²) in [5.74, 6) is -1.31. The van der Waals surface area contributed by atoms with Crippen LogP contribution in [0.5, 0.6) is 0 Å². The molecular weight excluding hydrogens is 284 g/mol. The van der Waals surface area contributed by atoms with Gasteiger partial charge in [-0.15, -0.1) is 0 Å². The van der Waals surface area contributed by atoms with Crippen molar-refractivity contribution < 1.29 is 19.8 Å². The van der Waals surface area contributed by atoms with Gasteiger partial charge in [0, 0.05) is 12.1 Å². The van der Waals surface area contributed by atoms with Gasteiger partial charge in [-0.25, -0.2) is 0 Å². The normalized spacial score (nSPS) is 23.5. The van der Waals surface area contributed by atoms with Gasteiger partial charge in [0.1, 0.15) is 0 Å². The second kappa shape index (κ2) is 8.48. The molecule has 0 saturated heterocycles. The van der Waals surface area contributed by atoms with E-state index in [4.69, 9.17) is 0 Å². The molecule has 0 heterocycles. The Bertz CT molecular complexity index is 340. The number of amides is 2. The van der Waals surface area contributed by atoms with Crippen LogP contribution in [-0.2, 0) is 9.59 Å². The molecule has 2 rings (SSSR count). The molecule has 4 N–H and O–H groups in total. The number of aliphatic hydroxyl groups is 2. The number of nitrogens with one attached hydrogen (secondary N) is 2. The van der Waals surface area contributed by atoms with E-state index in [1.807, 2.05) is 0 Å². The molecule has 2 saturated carbocycles. The molecule has 0 aromatic heterocycles. The number of aliphatic hydroxyl groups excluding tert-OH is 2. The standard InChI is InChI=1S/C16H28N2O4/c19-13(15(21)17-11-7-3-1-4-8-11)14(20)16(22)18-12-9-5-2-6-10-12/h11-14,19-20H,1-10H2,(H,17,21)(H,18,22)/t13-,14-/m1/s1. The second-order valence-electron chi connectivity index (χ2n) is 6.58. The van der Waals surface area contributed by atoms with Gasteiger partial charge in [0.05, 0.1) is 0 Å². The zero-order chi connectivity index (χ0) is 15.9. The lowest BCUT2D eigenvalue weighted by molar-refractivity contribution is -0.147. The first-order valence-electron chi connectivity index (χ1n) is 8.55. The monoisotopic (exact) mass is 312 g/mol. The van der Waals surface area contributed by atoms with Gasteiger partial charge < -0.3 is 20.8 Å². The van der Waals surface area contributed by atoms with Crippen LogP contribution in [0.15, 0.2) is 0 Å². The SMILES string of the molecule is O=C(NC1CCCCC1)[C@H](O)[C@@H](O)C(=O)NC1CCCCC1. The molecule has 6 heteroatoms. The fourth-order valence-electron chi connectivity index (χ4n) is 3.35. The van der Waals surface area contributed by atoms with Gasteiger partial charge in [-0.1, -0.05) is 38.5 Å². The maximum Gasteiger partial charge on any atom is 0.252 e. The predicted molar refractivity (Wildman–Crippen MR) is 82.0 cm³/mol. The van der Waals surface area contributed by atoms with Gasteiger partial charge in [0.2, 0.25) is 0 Å². The molecule has 22 heavy (non-hydrogen) atoms. The molecule has 2 atom stereocenters. The summed E-state index contributed by atoms with van der Waals surface area (Å²) in [5.41, 5.74) is 0. The first-order valence-corrected chi connectivity index (χ1v) is 8.55. The van der Waals surface area contributed by atoms with Crippen molar-refractivity contribution in [2.24, 2.45) is 0 Å². The molecule has 0 aliphatic heterocycles. The quantitative estimate of drug-likeness (QED) is 0.597. The summed E-state index contributed by atoms with van der Waals surface area (Å²) in [4.78, 5) is 23.9. The number of hydrogen-bond acceptors (Lipinski definition) is 4. The van der Waals surface area contributed by atoms with E-state index in [2.05, 4.69) is 10.6 Å². The predicted octanol–water partition coefficient (Wildman–Crippen LogP) is 0.606. The molecule has 0 radical (unpaired) electrons. The molecule has 2 amide bonds. The Morgan fingerprint density at radius 2 is 1.00 bits per heavy atom. The van der Waals surface area contributed by atoms with E-state index >= 15 is 0 Å². The van der Waals surface area contributed by atoms with Crippen molar-refractivity contribution in [3.8, 4) is 0 Å². The summed E-state index contributed by atoms with van der Waals surface area (Å²) in [6.45, 7) is 0. The largest absolute Gasteiger partial charge is 0.380 e. The molecule has 2 aliphatic rings. The van der Waals surface area contributed by atoms with Gasteiger partial charge in [-0.2, -0.15) is 0 Å². The third-order valence-corrected chi connectivity index (χ3v) is 4.74. The van der Waals surface area contributed by atoms with Crippen molar-refractivity contribution in [1.82, 2.24) is 10.6 Å². The van der Waals surface area contributed by atoms with Crippen molar-refractivity contribution in [3.63, 3.8) is 0 Å². The lowest BCUT2D eigenvalue weighted by Crippen LogP contribution is -2.53. The molecule has 2 aliphatic carbocycles. The zero-order valence-corrected chi connectivity index (χ0v) is 13.1. The van der Waals surface area contributed by atoms with Crippen molar-refractivity contribution in [3.05, 3.63) is 0 Å². The van der Waals surface area contributed by atoms with Crippen LogP contribution in [0.1, 0.15) is 64.2 Å². The van der Waals surface area contributed by atoms with Gasteiger partial charge >= 0.3 is 0 Å². The fourth-order valence-corrected chi connectivity index (χ4v) is 3.35. The molecule has 6 nitrogen and oxygen atoms in total. The van der Waals surface area contributed by atoms with Crippen molar-refractivity contribution >= 4 is 11.8 Å². The molecule has 0 bridgehead atoms. The van der Waals surface area contributed by atoms with Gasteiger partial charge in [0.25, 0.3) is 11.8 Å². The van der Waals surface area contributed by atoms with E-state index in [9.17, 15) is 19.8 Å². The van der Waals surface area contributed by atoms with Gasteiger partial charge in [0.15, 0.2) is 12.2 Å². The maximum atomic E-state index is 11.9. The average molecular weight is 312 g/mol. The van der Waals surface area contributed by atoms with E-state index < -0.39 is 24.0 Å². The molecule has 0 spiro atoms. The Morgan fingerprint density at radius 1 is 0.682 bits per heavy atom. The Morgan fingerprint density at radius 3 is 1.32 bits per heavy atom. The summed E-state index contributed by atoms with van der Waals surface area (Å²) in [6, 6.07) is 0.0917. The summed E-state index contributed by atoms with van der Waals surface area (Å²) >= 11 is 0. The second-order valence-corrected chi connectivity index (χ2v) is 6.58. The molecule has 0 aromatic carbocycles. The summed E-state index contributed by atoms with van der Waals surface area (Å²) in [7, 11) is 0. The van der Waals surface area contributed by atoms with E-state index in [0.29, 0.717) is 0 Å². The van der Waals surface area contributed by atoms with E-state index in [0.717, 1.165) is 51.4 Å². The third-order valence-electron chi connectivity index (χ3n) is 4.74. The van der Waals surface area contributed by atoms with Crippen molar-refractivity contribution in [2.75, 3.05) is 0 Å². The van der Waals surface area contributed by atoms with E-state index in [-0.39, 0.29) is 12.1 Å². The van der Waals surface area contributed by atoms with Gasteiger partial charge in [-0.3, -0.25) is 9.59 Å². The van der Waals surface area contributed by atoms with Crippen LogP contribution in [0.3, 0.4) is 0 Å². The lowest BCUT2D eigenvalue weighted by Gasteiger charge is -2.27. The van der Waals surface area contributed by atoms with Crippen LogP contribution in [0.2, 0.25) is 0 Å². The first kappa shape index (κ1) is 17.2. The molecule has 0 aromatic rings. The summed E-state index contributed by atoms with van der Waals surface area (Å²) in [6.07, 6.45) is 6.74. The average Bonchev–Trinajstić information content (AvgIpc) is 2.55. The highest BCUT2D eigenvalue weighted by atomic mass is 16.3. The fraction of sp³-hybridized carbons (Fsp3) is 0.875. The number of carbonyl (C=O) groups excluding carboxylic acids is 2. The topological polar surface area (TPSA) is 98.7 Å². The Hall–Kier alpha value is -1.14. The number of carbonyl (C=O) groups is 2. The Balaban J connectivity index is 1.77. The maximum absolute atomic E-state index is 11.9. The minimum Gasteiger partial charge on any atom is -0.380 e. The highest BCUT2D eigenvalue weighted by molar-refractivity contribution is 5.90. The molecular formula is C16H28N2O4. The van der Waals surface area contributed by atoms with Crippen LogP contribution in [-0.4, -0.2) is 46.3 Å². The minimum atomic E-state index is -1.70. The van der Waals surface area contributed by atoms with Crippen LogP contribution >= 0.6 is 0 Å². The van der Waals surface area contributed by atoms with E-state index in [1.54, 1.807) is 0 Å². The molecule has 126 valence electrons. The highest BCUT2D eigenvalue weighted by Gasteiger charge is 2.32. The Kier molecular flexibility index (Phi) is 6.64. The Labute approximate surface area is 131 Å². The van der Waals surface area contributed by atoms with Crippen LogP contribution in [0.4, 0.5) is 0 Å². The zero-order valence-electron chi connectivity index (χ0n) is 13.1. The lowest BCUT2D eigenvalue weighted by atomic mass is 9.94. The smallest absolute Gasteiger partial charge is 0.252 e.